The Morgan fingerprint density at radius 3 is 2.15 bits per heavy atom. The smallest absolute Gasteiger partial charge is 0.199 e. The van der Waals surface area contributed by atoms with Gasteiger partial charge in [0, 0.05) is 11.6 Å². The highest BCUT2D eigenvalue weighted by molar-refractivity contribution is 5.80. The summed E-state index contributed by atoms with van der Waals surface area (Å²) in [6.07, 6.45) is 1.20. The molecule has 0 saturated heterocycles. The SMILES string of the molecule is Fc1c(F)c(F)c2[nH]ccc2c1F. The van der Waals surface area contributed by atoms with Gasteiger partial charge in [-0.1, -0.05) is 0 Å². The fourth-order valence-corrected chi connectivity index (χ4v) is 1.15. The lowest BCUT2D eigenvalue weighted by molar-refractivity contribution is 0.417. The molecule has 0 amide bonds. The molecule has 5 heteroatoms. The quantitative estimate of drug-likeness (QED) is 0.372. The van der Waals surface area contributed by atoms with Crippen molar-refractivity contribution >= 4 is 10.9 Å². The second kappa shape index (κ2) is 2.48. The maximum absolute atomic E-state index is 12.9. The van der Waals surface area contributed by atoms with E-state index in [1.54, 1.807) is 0 Å². The number of fused-ring (bicyclic) bond motifs is 1. The molecule has 0 atom stereocenters. The normalized spacial score (nSPS) is 11.1. The van der Waals surface area contributed by atoms with Crippen molar-refractivity contribution in [2.45, 2.75) is 0 Å². The van der Waals surface area contributed by atoms with Gasteiger partial charge in [0.05, 0.1) is 5.52 Å². The average Bonchev–Trinajstić information content (AvgIpc) is 2.59. The van der Waals surface area contributed by atoms with Crippen molar-refractivity contribution in [1.82, 2.24) is 4.98 Å². The van der Waals surface area contributed by atoms with E-state index in [0.29, 0.717) is 0 Å². The highest BCUT2D eigenvalue weighted by Crippen LogP contribution is 2.25. The third-order valence-electron chi connectivity index (χ3n) is 1.78. The summed E-state index contributed by atoms with van der Waals surface area (Å²) in [5, 5.41) is -0.295. The molecule has 2 rings (SSSR count). The first-order valence-corrected chi connectivity index (χ1v) is 3.42. The molecule has 68 valence electrons. The van der Waals surface area contributed by atoms with Crippen LogP contribution in [0, 0.1) is 23.3 Å². The maximum Gasteiger partial charge on any atom is 0.199 e. The van der Waals surface area contributed by atoms with Crippen molar-refractivity contribution in [2.75, 3.05) is 0 Å². The molecule has 1 nitrogen and oxygen atoms in total. The molecular weight excluding hydrogens is 186 g/mol. The van der Waals surface area contributed by atoms with Gasteiger partial charge in [0.25, 0.3) is 0 Å². The van der Waals surface area contributed by atoms with Gasteiger partial charge in [0.15, 0.2) is 23.3 Å². The van der Waals surface area contributed by atoms with Crippen molar-refractivity contribution in [1.29, 1.82) is 0 Å². The van der Waals surface area contributed by atoms with Crippen molar-refractivity contribution in [3.63, 3.8) is 0 Å². The number of rotatable bonds is 0. The van der Waals surface area contributed by atoms with Crippen LogP contribution in [0.5, 0.6) is 0 Å². The summed E-state index contributed by atoms with van der Waals surface area (Å²) in [5.41, 5.74) is -0.364. The monoisotopic (exact) mass is 189 g/mol. The molecule has 0 spiro atoms. The Hall–Kier alpha value is -1.52. The van der Waals surface area contributed by atoms with Crippen molar-refractivity contribution < 1.29 is 17.6 Å². The van der Waals surface area contributed by atoms with Crippen molar-refractivity contribution in [3.05, 3.63) is 35.5 Å². The lowest BCUT2D eigenvalue weighted by Gasteiger charge is -1.98. The zero-order valence-corrected chi connectivity index (χ0v) is 6.17. The molecule has 1 N–H and O–H groups in total. The minimum atomic E-state index is -1.80. The van der Waals surface area contributed by atoms with Crippen LogP contribution in [-0.2, 0) is 0 Å². The predicted molar refractivity (Wildman–Crippen MR) is 38.1 cm³/mol. The second-order valence-electron chi connectivity index (χ2n) is 2.52. The first-order valence-electron chi connectivity index (χ1n) is 3.42. The van der Waals surface area contributed by atoms with Crippen LogP contribution in [0.1, 0.15) is 0 Å². The fraction of sp³-hybridized carbons (Fsp3) is 0. The predicted octanol–water partition coefficient (Wildman–Crippen LogP) is 2.72. The van der Waals surface area contributed by atoms with E-state index in [9.17, 15) is 17.6 Å². The van der Waals surface area contributed by atoms with Crippen LogP contribution in [0.3, 0.4) is 0 Å². The first kappa shape index (κ1) is 8.10. The van der Waals surface area contributed by atoms with Gasteiger partial charge in [0.2, 0.25) is 0 Å². The number of aromatic nitrogens is 1. The molecule has 1 aromatic heterocycles. The number of hydrogen-bond donors (Lipinski definition) is 1. The molecule has 0 aliphatic heterocycles. The van der Waals surface area contributed by atoms with Gasteiger partial charge in [-0.3, -0.25) is 0 Å². The van der Waals surface area contributed by atoms with Crippen LogP contribution < -0.4 is 0 Å². The standard InChI is InChI=1S/C8H3F4N/c9-4-3-1-2-13-8(3)7(12)6(11)5(4)10/h1-2,13H. The van der Waals surface area contributed by atoms with Crippen LogP contribution >= 0.6 is 0 Å². The number of H-pyrrole nitrogens is 1. The largest absolute Gasteiger partial charge is 0.359 e. The summed E-state index contributed by atoms with van der Waals surface area (Å²) in [4.78, 5) is 2.28. The van der Waals surface area contributed by atoms with E-state index in [0.717, 1.165) is 6.07 Å². The number of aromatic amines is 1. The third-order valence-corrected chi connectivity index (χ3v) is 1.78. The van der Waals surface area contributed by atoms with Crippen LogP contribution in [0.15, 0.2) is 12.3 Å². The van der Waals surface area contributed by atoms with Crippen LogP contribution in [0.4, 0.5) is 17.6 Å². The highest BCUT2D eigenvalue weighted by atomic mass is 19.2. The first-order chi connectivity index (χ1) is 6.13. The summed E-state index contributed by atoms with van der Waals surface area (Å²) < 4.78 is 50.9. The molecule has 0 aliphatic rings. The van der Waals surface area contributed by atoms with Gasteiger partial charge >= 0.3 is 0 Å². The molecule has 0 aliphatic carbocycles. The molecule has 2 aromatic rings. The molecule has 0 radical (unpaired) electrons. The van der Waals surface area contributed by atoms with Crippen LogP contribution in [0.2, 0.25) is 0 Å². The number of benzene rings is 1. The number of halogens is 4. The van der Waals surface area contributed by atoms with Crippen LogP contribution in [-0.4, -0.2) is 4.98 Å². The fourth-order valence-electron chi connectivity index (χ4n) is 1.15. The zero-order valence-electron chi connectivity index (χ0n) is 6.17. The number of nitrogens with one attached hydrogen (secondary N) is 1. The van der Waals surface area contributed by atoms with E-state index in [4.69, 9.17) is 0 Å². The maximum atomic E-state index is 12.9. The van der Waals surface area contributed by atoms with E-state index in [1.807, 2.05) is 0 Å². The molecule has 0 unspecified atom stereocenters. The lowest BCUT2D eigenvalue weighted by atomic mass is 10.2. The van der Waals surface area contributed by atoms with E-state index in [1.165, 1.54) is 6.20 Å². The van der Waals surface area contributed by atoms with Crippen LogP contribution in [0.25, 0.3) is 10.9 Å². The molecule has 0 saturated carbocycles. The zero-order chi connectivity index (χ0) is 9.59. The van der Waals surface area contributed by atoms with Gasteiger partial charge in [-0.2, -0.15) is 0 Å². The van der Waals surface area contributed by atoms with Gasteiger partial charge in [-0.05, 0) is 6.07 Å². The molecule has 0 bridgehead atoms. The Bertz CT molecular complexity index is 432. The minimum absolute atomic E-state index is 0.295. The Morgan fingerprint density at radius 1 is 0.846 bits per heavy atom. The molecule has 1 heterocycles. The van der Waals surface area contributed by atoms with Gasteiger partial charge in [0.1, 0.15) is 0 Å². The van der Waals surface area contributed by atoms with E-state index in [-0.39, 0.29) is 10.9 Å². The highest BCUT2D eigenvalue weighted by Gasteiger charge is 2.20. The summed E-state index contributed by atoms with van der Waals surface area (Å²) in [6.45, 7) is 0. The summed E-state index contributed by atoms with van der Waals surface area (Å²) in [7, 11) is 0. The molecule has 0 fully saturated rings. The Balaban J connectivity index is 3.02. The second-order valence-corrected chi connectivity index (χ2v) is 2.52. The van der Waals surface area contributed by atoms with Gasteiger partial charge < -0.3 is 4.98 Å². The lowest BCUT2D eigenvalue weighted by Crippen LogP contribution is -1.96. The van der Waals surface area contributed by atoms with E-state index < -0.39 is 23.3 Å². The van der Waals surface area contributed by atoms with E-state index >= 15 is 0 Å². The summed E-state index contributed by atoms with van der Waals surface area (Å²) >= 11 is 0. The summed E-state index contributed by atoms with van der Waals surface area (Å²) in [5.74, 6) is -6.37. The van der Waals surface area contributed by atoms with E-state index in [2.05, 4.69) is 4.98 Å². The molecular formula is C8H3F4N. The molecule has 13 heavy (non-hydrogen) atoms. The van der Waals surface area contributed by atoms with Crippen molar-refractivity contribution in [2.24, 2.45) is 0 Å². The average molecular weight is 189 g/mol. The topological polar surface area (TPSA) is 15.8 Å². The third kappa shape index (κ3) is 0.929. The Kier molecular flexibility index (Phi) is 1.55. The van der Waals surface area contributed by atoms with Crippen molar-refractivity contribution in [3.8, 4) is 0 Å². The minimum Gasteiger partial charge on any atom is -0.359 e. The van der Waals surface area contributed by atoms with Gasteiger partial charge in [-0.25, -0.2) is 17.6 Å². The number of hydrogen-bond acceptors (Lipinski definition) is 0. The van der Waals surface area contributed by atoms with Gasteiger partial charge in [-0.15, -0.1) is 0 Å². The molecule has 1 aromatic carbocycles. The Morgan fingerprint density at radius 2 is 1.46 bits per heavy atom. The Labute approximate surface area is 70.0 Å². The summed E-state index contributed by atoms with van der Waals surface area (Å²) in [6, 6.07) is 1.14.